The van der Waals surface area contributed by atoms with Gasteiger partial charge in [-0.2, -0.15) is 5.10 Å². The summed E-state index contributed by atoms with van der Waals surface area (Å²) >= 11 is 1.41. The number of anilines is 2. The number of nitrogens with zero attached hydrogens (tertiary/aromatic N) is 5. The van der Waals surface area contributed by atoms with E-state index in [4.69, 9.17) is 16.5 Å². The van der Waals surface area contributed by atoms with Crippen LogP contribution in [-0.4, -0.2) is 34.2 Å². The van der Waals surface area contributed by atoms with E-state index in [1.807, 2.05) is 19.3 Å². The Hall–Kier alpha value is -2.85. The number of thiophene rings is 1. The molecule has 4 N–H and O–H groups in total. The molecule has 0 radical (unpaired) electrons. The van der Waals surface area contributed by atoms with E-state index in [0.29, 0.717) is 15.6 Å². The molecule has 8 nitrogen and oxygen atoms in total. The molecule has 1 fully saturated rings. The van der Waals surface area contributed by atoms with E-state index in [9.17, 15) is 4.21 Å². The zero-order valence-corrected chi connectivity index (χ0v) is 17.3. The maximum Gasteiger partial charge on any atom is 0.219 e. The lowest BCUT2D eigenvalue weighted by molar-refractivity contribution is 0.505. The van der Waals surface area contributed by atoms with E-state index < -0.39 is 10.8 Å². The third-order valence-corrected chi connectivity index (χ3v) is 8.49. The molecule has 10 heteroatoms. The Morgan fingerprint density at radius 2 is 1.93 bits per heavy atom. The molecule has 1 unspecified atom stereocenters. The van der Waals surface area contributed by atoms with Gasteiger partial charge in [-0.1, -0.05) is 6.42 Å². The van der Waals surface area contributed by atoms with Gasteiger partial charge >= 0.3 is 0 Å². The fourth-order valence-corrected chi connectivity index (χ4v) is 6.60. The standard InChI is InChI=1S/C19H19N7OS2/c1-26-9-11(8-24-26)13-5-14(10-6-22-19(21)23-7-10)25-17-15(13)16(20)18(28-17)29(27)12-3-2-4-12/h5-9,12H,2-4,20H2,1H3,(H2,21,22,23). The highest BCUT2D eigenvalue weighted by Gasteiger charge is 2.29. The second-order valence-electron chi connectivity index (χ2n) is 7.12. The van der Waals surface area contributed by atoms with Gasteiger partial charge in [0.25, 0.3) is 0 Å². The number of hydrogen-bond donors (Lipinski definition) is 2. The van der Waals surface area contributed by atoms with Crippen LogP contribution in [0, 0.1) is 0 Å². The average molecular weight is 426 g/mol. The van der Waals surface area contributed by atoms with E-state index in [1.54, 1.807) is 23.3 Å². The molecular formula is C19H19N7OS2. The zero-order valence-electron chi connectivity index (χ0n) is 15.7. The highest BCUT2D eigenvalue weighted by molar-refractivity contribution is 7.88. The molecule has 0 saturated heterocycles. The molecule has 0 aromatic carbocycles. The predicted molar refractivity (Wildman–Crippen MR) is 116 cm³/mol. The summed E-state index contributed by atoms with van der Waals surface area (Å²) in [6, 6.07) is 1.95. The lowest BCUT2D eigenvalue weighted by atomic mass is 10.0. The van der Waals surface area contributed by atoms with E-state index >= 15 is 0 Å². The molecule has 4 heterocycles. The first-order valence-corrected chi connectivity index (χ1v) is 11.2. The second kappa shape index (κ2) is 6.89. The Morgan fingerprint density at radius 1 is 1.17 bits per heavy atom. The van der Waals surface area contributed by atoms with Crippen molar-refractivity contribution < 1.29 is 4.21 Å². The van der Waals surface area contributed by atoms with Gasteiger partial charge < -0.3 is 11.5 Å². The van der Waals surface area contributed by atoms with Crippen molar-refractivity contribution in [2.24, 2.45) is 7.05 Å². The average Bonchev–Trinajstić information content (AvgIpc) is 3.24. The van der Waals surface area contributed by atoms with Crippen LogP contribution in [0.15, 0.2) is 35.1 Å². The number of pyridine rings is 1. The molecule has 1 saturated carbocycles. The fourth-order valence-electron chi connectivity index (χ4n) is 3.39. The predicted octanol–water partition coefficient (Wildman–Crippen LogP) is 2.98. The van der Waals surface area contributed by atoms with Crippen LogP contribution in [0.3, 0.4) is 0 Å². The topological polar surface area (TPSA) is 126 Å². The summed E-state index contributed by atoms with van der Waals surface area (Å²) in [5, 5.41) is 5.31. The molecule has 1 aliphatic carbocycles. The summed E-state index contributed by atoms with van der Waals surface area (Å²) in [6.45, 7) is 0. The minimum atomic E-state index is -1.11. The van der Waals surface area contributed by atoms with Crippen LogP contribution in [0.25, 0.3) is 32.6 Å². The SMILES string of the molecule is Cn1cc(-c2cc(-c3cnc(N)nc3)nc3sc(S(=O)C4CCC4)c(N)c23)cn1. The minimum Gasteiger partial charge on any atom is -0.396 e. The number of rotatable bonds is 4. The quantitative estimate of drug-likeness (QED) is 0.515. The first kappa shape index (κ1) is 18.2. The van der Waals surface area contributed by atoms with Crippen molar-refractivity contribution in [3.63, 3.8) is 0 Å². The Bertz CT molecular complexity index is 1240. The van der Waals surface area contributed by atoms with Gasteiger partial charge in [0, 0.05) is 47.4 Å². The fraction of sp³-hybridized carbons (Fsp3) is 0.263. The van der Waals surface area contributed by atoms with Gasteiger partial charge in [-0.3, -0.25) is 8.89 Å². The van der Waals surface area contributed by atoms with E-state index in [0.717, 1.165) is 46.2 Å². The van der Waals surface area contributed by atoms with Crippen molar-refractivity contribution in [2.45, 2.75) is 28.7 Å². The first-order chi connectivity index (χ1) is 14.0. The molecule has 1 aliphatic rings. The first-order valence-electron chi connectivity index (χ1n) is 9.22. The number of nitrogen functional groups attached to an aromatic ring is 2. The third-order valence-electron chi connectivity index (χ3n) is 5.19. The molecule has 0 bridgehead atoms. The molecular weight excluding hydrogens is 406 g/mol. The van der Waals surface area contributed by atoms with Gasteiger partial charge in [0.2, 0.25) is 5.95 Å². The maximum absolute atomic E-state index is 13.0. The summed E-state index contributed by atoms with van der Waals surface area (Å²) < 4.78 is 15.5. The van der Waals surface area contributed by atoms with Crippen LogP contribution >= 0.6 is 11.3 Å². The van der Waals surface area contributed by atoms with Gasteiger partial charge in [0.05, 0.1) is 28.4 Å². The van der Waals surface area contributed by atoms with Crippen molar-refractivity contribution >= 4 is 44.0 Å². The van der Waals surface area contributed by atoms with E-state index in [-0.39, 0.29) is 11.2 Å². The summed E-state index contributed by atoms with van der Waals surface area (Å²) in [5.74, 6) is 0.209. The normalized spacial score (nSPS) is 15.5. The van der Waals surface area contributed by atoms with Crippen LogP contribution in [0.2, 0.25) is 0 Å². The van der Waals surface area contributed by atoms with Crippen molar-refractivity contribution in [2.75, 3.05) is 11.5 Å². The van der Waals surface area contributed by atoms with Crippen LogP contribution in [0.4, 0.5) is 11.6 Å². The third kappa shape index (κ3) is 3.08. The minimum absolute atomic E-state index is 0.192. The molecule has 4 aromatic heterocycles. The number of aromatic nitrogens is 5. The molecule has 1 atom stereocenters. The molecule has 0 aliphatic heterocycles. The highest BCUT2D eigenvalue weighted by Crippen LogP contribution is 2.44. The van der Waals surface area contributed by atoms with Gasteiger partial charge in [0.1, 0.15) is 9.04 Å². The number of aryl methyl sites for hydroxylation is 1. The Kier molecular flexibility index (Phi) is 4.32. The van der Waals surface area contributed by atoms with E-state index in [2.05, 4.69) is 15.1 Å². The lowest BCUT2D eigenvalue weighted by Gasteiger charge is -2.23. The Balaban J connectivity index is 1.74. The summed E-state index contributed by atoms with van der Waals surface area (Å²) in [5.41, 5.74) is 16.0. The zero-order chi connectivity index (χ0) is 20.1. The van der Waals surface area contributed by atoms with Gasteiger partial charge in [-0.25, -0.2) is 15.0 Å². The van der Waals surface area contributed by atoms with Gasteiger partial charge in [0.15, 0.2) is 0 Å². The Labute approximate surface area is 173 Å². The van der Waals surface area contributed by atoms with Gasteiger partial charge in [-0.15, -0.1) is 11.3 Å². The molecule has 29 heavy (non-hydrogen) atoms. The molecule has 0 amide bonds. The summed E-state index contributed by atoms with van der Waals surface area (Å²) in [7, 11) is 0.758. The van der Waals surface area contributed by atoms with Crippen molar-refractivity contribution in [1.82, 2.24) is 24.7 Å². The molecule has 5 rings (SSSR count). The molecule has 148 valence electrons. The van der Waals surface area contributed by atoms with Crippen LogP contribution in [0.5, 0.6) is 0 Å². The van der Waals surface area contributed by atoms with Crippen molar-refractivity contribution in [3.05, 3.63) is 30.9 Å². The maximum atomic E-state index is 13.0. The van der Waals surface area contributed by atoms with Crippen LogP contribution < -0.4 is 11.5 Å². The van der Waals surface area contributed by atoms with Crippen LogP contribution in [0.1, 0.15) is 19.3 Å². The highest BCUT2D eigenvalue weighted by atomic mass is 32.2. The monoisotopic (exact) mass is 425 g/mol. The summed E-state index contributed by atoms with van der Waals surface area (Å²) in [4.78, 5) is 13.7. The Morgan fingerprint density at radius 3 is 2.55 bits per heavy atom. The smallest absolute Gasteiger partial charge is 0.219 e. The lowest BCUT2D eigenvalue weighted by Crippen LogP contribution is -2.23. The number of nitrogens with two attached hydrogens (primary N) is 2. The molecule has 4 aromatic rings. The van der Waals surface area contributed by atoms with Crippen molar-refractivity contribution in [1.29, 1.82) is 0 Å². The summed E-state index contributed by atoms with van der Waals surface area (Å²) in [6.07, 6.45) is 10.1. The second-order valence-corrected chi connectivity index (χ2v) is 10.0. The van der Waals surface area contributed by atoms with Crippen molar-refractivity contribution in [3.8, 4) is 22.4 Å². The van der Waals surface area contributed by atoms with Gasteiger partial charge in [-0.05, 0) is 24.5 Å². The number of hydrogen-bond acceptors (Lipinski definition) is 8. The number of fused-ring (bicyclic) bond motifs is 1. The molecule has 0 spiro atoms. The van der Waals surface area contributed by atoms with Crippen LogP contribution in [-0.2, 0) is 17.8 Å². The largest absolute Gasteiger partial charge is 0.396 e. The van der Waals surface area contributed by atoms with E-state index in [1.165, 1.54) is 11.3 Å².